The molecular formula is C14H16BrNO. The van der Waals surface area contributed by atoms with Crippen molar-refractivity contribution in [1.82, 2.24) is 0 Å². The number of unbranched alkanes of at least 4 members (excludes halogenated alkanes) is 3. The van der Waals surface area contributed by atoms with E-state index >= 15 is 0 Å². The molecule has 0 spiro atoms. The molecule has 0 fully saturated rings. The summed E-state index contributed by atoms with van der Waals surface area (Å²) in [5.41, 5.74) is 0.886. The van der Waals surface area contributed by atoms with Crippen LogP contribution >= 0.6 is 15.9 Å². The maximum Gasteiger partial charge on any atom is 0.274 e. The monoisotopic (exact) mass is 293 g/mol. The number of hydrogen-bond acceptors (Lipinski definition) is 1. The Morgan fingerprint density at radius 2 is 2.06 bits per heavy atom. The van der Waals surface area contributed by atoms with E-state index in [2.05, 4.69) is 27.8 Å². The van der Waals surface area contributed by atoms with Gasteiger partial charge in [0.1, 0.15) is 0 Å². The SMILES string of the molecule is CCCCCCC1=c2cc(Br)ccc2=NC1=O. The Balaban J connectivity index is 2.23. The Kier molecular flexibility index (Phi) is 4.11. The Morgan fingerprint density at radius 1 is 1.24 bits per heavy atom. The Hall–Kier alpha value is -0.960. The largest absolute Gasteiger partial charge is 0.274 e. The molecule has 0 saturated carbocycles. The molecule has 1 aliphatic rings. The minimum atomic E-state index is -0.0467. The highest BCUT2D eigenvalue weighted by Gasteiger charge is 2.15. The molecule has 2 nitrogen and oxygen atoms in total. The first-order chi connectivity index (χ1) is 8.22. The molecule has 1 aromatic carbocycles. The Labute approximate surface area is 110 Å². The summed E-state index contributed by atoms with van der Waals surface area (Å²) < 4.78 is 1.01. The summed E-state index contributed by atoms with van der Waals surface area (Å²) in [4.78, 5) is 15.9. The molecule has 3 heteroatoms. The average molecular weight is 294 g/mol. The molecule has 1 amide bonds. The van der Waals surface area contributed by atoms with Crippen molar-refractivity contribution in [1.29, 1.82) is 0 Å². The zero-order valence-corrected chi connectivity index (χ0v) is 11.6. The van der Waals surface area contributed by atoms with Gasteiger partial charge in [-0.15, -0.1) is 0 Å². The molecule has 0 N–H and O–H groups in total. The molecule has 0 bridgehead atoms. The lowest BCUT2D eigenvalue weighted by Crippen LogP contribution is -2.22. The van der Waals surface area contributed by atoms with Crippen molar-refractivity contribution in [2.24, 2.45) is 4.99 Å². The van der Waals surface area contributed by atoms with Gasteiger partial charge < -0.3 is 0 Å². The van der Waals surface area contributed by atoms with Crippen LogP contribution in [0.15, 0.2) is 27.7 Å². The summed E-state index contributed by atoms with van der Waals surface area (Å²) in [7, 11) is 0. The van der Waals surface area contributed by atoms with Crippen molar-refractivity contribution >= 4 is 27.4 Å². The third-order valence-corrected chi connectivity index (χ3v) is 3.54. The molecule has 0 atom stereocenters. The Bertz CT molecular complexity index is 548. The van der Waals surface area contributed by atoms with Crippen LogP contribution < -0.4 is 10.6 Å². The van der Waals surface area contributed by atoms with Gasteiger partial charge in [-0.2, -0.15) is 0 Å². The van der Waals surface area contributed by atoms with E-state index in [1.54, 1.807) is 0 Å². The number of halogens is 1. The number of amides is 1. The highest BCUT2D eigenvalue weighted by molar-refractivity contribution is 9.10. The summed E-state index contributed by atoms with van der Waals surface area (Å²) in [5, 5.41) is 1.84. The number of rotatable bonds is 5. The molecule has 17 heavy (non-hydrogen) atoms. The van der Waals surface area contributed by atoms with Gasteiger partial charge in [0.15, 0.2) is 0 Å². The third kappa shape index (κ3) is 2.83. The van der Waals surface area contributed by atoms with Gasteiger partial charge in [-0.25, -0.2) is 4.99 Å². The van der Waals surface area contributed by atoms with E-state index in [-0.39, 0.29) is 5.91 Å². The first-order valence-corrected chi connectivity index (χ1v) is 6.93. The number of fused-ring (bicyclic) bond motifs is 1. The van der Waals surface area contributed by atoms with Gasteiger partial charge in [-0.05, 0) is 31.0 Å². The second-order valence-electron chi connectivity index (χ2n) is 4.37. The topological polar surface area (TPSA) is 29.4 Å². The summed E-state index contributed by atoms with van der Waals surface area (Å²) in [6, 6.07) is 5.82. The minimum absolute atomic E-state index is 0.0467. The molecule has 0 unspecified atom stereocenters. The van der Waals surface area contributed by atoms with Gasteiger partial charge in [0.2, 0.25) is 0 Å². The van der Waals surface area contributed by atoms with Crippen molar-refractivity contribution in [2.75, 3.05) is 0 Å². The van der Waals surface area contributed by atoms with E-state index in [4.69, 9.17) is 0 Å². The molecule has 1 aromatic rings. The van der Waals surface area contributed by atoms with E-state index in [1.807, 2.05) is 18.2 Å². The summed E-state index contributed by atoms with van der Waals surface area (Å²) in [5.74, 6) is -0.0467. The molecule has 0 saturated heterocycles. The van der Waals surface area contributed by atoms with Crippen molar-refractivity contribution in [3.63, 3.8) is 0 Å². The van der Waals surface area contributed by atoms with Crippen LogP contribution in [0, 0.1) is 0 Å². The number of carbonyl (C=O) groups excluding carboxylic acids is 1. The molecule has 0 aliphatic carbocycles. The van der Waals surface area contributed by atoms with Crippen LogP contribution in [0.1, 0.15) is 39.0 Å². The van der Waals surface area contributed by atoms with Crippen molar-refractivity contribution in [3.8, 4) is 0 Å². The fourth-order valence-corrected chi connectivity index (χ4v) is 2.47. The normalized spacial score (nSPS) is 13.8. The van der Waals surface area contributed by atoms with Crippen LogP contribution in [0.4, 0.5) is 0 Å². The van der Waals surface area contributed by atoms with Crippen LogP contribution in [-0.2, 0) is 4.79 Å². The first-order valence-electron chi connectivity index (χ1n) is 6.14. The van der Waals surface area contributed by atoms with E-state index in [1.165, 1.54) is 19.3 Å². The average Bonchev–Trinajstić information content (AvgIpc) is 2.61. The quantitative estimate of drug-likeness (QED) is 0.768. The fourth-order valence-electron chi connectivity index (χ4n) is 2.11. The lowest BCUT2D eigenvalue weighted by molar-refractivity contribution is -0.112. The van der Waals surface area contributed by atoms with E-state index in [0.717, 1.165) is 33.5 Å². The fraction of sp³-hybridized carbons (Fsp3) is 0.429. The molecule has 0 radical (unpaired) electrons. The van der Waals surface area contributed by atoms with Crippen LogP contribution in [0.5, 0.6) is 0 Å². The maximum absolute atomic E-state index is 11.8. The zero-order chi connectivity index (χ0) is 12.3. The number of carbonyl (C=O) groups is 1. The van der Waals surface area contributed by atoms with Crippen LogP contribution in [0.25, 0.3) is 5.57 Å². The number of nitrogens with zero attached hydrogens (tertiary/aromatic N) is 1. The highest BCUT2D eigenvalue weighted by atomic mass is 79.9. The first kappa shape index (κ1) is 12.5. The standard InChI is InChI=1S/C14H16BrNO/c1-2-3-4-5-6-11-12-9-10(15)7-8-13(12)16-14(11)17/h7-9H,2-6H2,1H3. The van der Waals surface area contributed by atoms with E-state index in [9.17, 15) is 4.79 Å². The van der Waals surface area contributed by atoms with Gasteiger partial charge in [0.25, 0.3) is 5.91 Å². The van der Waals surface area contributed by atoms with Gasteiger partial charge in [-0.1, -0.05) is 42.1 Å². The molecular weight excluding hydrogens is 278 g/mol. The van der Waals surface area contributed by atoms with Gasteiger partial charge in [0.05, 0.1) is 5.36 Å². The second kappa shape index (κ2) is 5.58. The lowest BCUT2D eigenvalue weighted by Gasteiger charge is -2.00. The highest BCUT2D eigenvalue weighted by Crippen LogP contribution is 2.14. The third-order valence-electron chi connectivity index (χ3n) is 3.04. The predicted octanol–water partition coefficient (Wildman–Crippen LogP) is 2.73. The predicted molar refractivity (Wildman–Crippen MR) is 72.1 cm³/mol. The van der Waals surface area contributed by atoms with Crippen molar-refractivity contribution < 1.29 is 4.79 Å². The van der Waals surface area contributed by atoms with E-state index < -0.39 is 0 Å². The van der Waals surface area contributed by atoms with Crippen molar-refractivity contribution in [3.05, 3.63) is 33.2 Å². The summed E-state index contributed by atoms with van der Waals surface area (Å²) >= 11 is 3.44. The van der Waals surface area contributed by atoms with Crippen LogP contribution in [-0.4, -0.2) is 5.91 Å². The van der Waals surface area contributed by atoms with Gasteiger partial charge >= 0.3 is 0 Å². The zero-order valence-electron chi connectivity index (χ0n) is 10.0. The van der Waals surface area contributed by atoms with Gasteiger partial charge in [0, 0.05) is 15.3 Å². The van der Waals surface area contributed by atoms with Gasteiger partial charge in [-0.3, -0.25) is 4.79 Å². The molecule has 0 aromatic heterocycles. The van der Waals surface area contributed by atoms with E-state index in [0.29, 0.717) is 0 Å². The molecule has 1 heterocycles. The van der Waals surface area contributed by atoms with Crippen molar-refractivity contribution in [2.45, 2.75) is 39.0 Å². The number of benzene rings is 1. The smallest absolute Gasteiger partial charge is 0.267 e. The maximum atomic E-state index is 11.8. The summed E-state index contributed by atoms with van der Waals surface area (Å²) in [6.07, 6.45) is 5.58. The molecule has 90 valence electrons. The number of hydrogen-bond donors (Lipinski definition) is 0. The lowest BCUT2D eigenvalue weighted by atomic mass is 10.0. The molecule has 2 rings (SSSR count). The minimum Gasteiger partial charge on any atom is -0.267 e. The molecule has 1 aliphatic heterocycles. The Morgan fingerprint density at radius 3 is 2.82 bits per heavy atom. The summed E-state index contributed by atoms with van der Waals surface area (Å²) in [6.45, 7) is 2.19. The van der Waals surface area contributed by atoms with Crippen LogP contribution in [0.2, 0.25) is 0 Å². The second-order valence-corrected chi connectivity index (χ2v) is 5.28. The van der Waals surface area contributed by atoms with Crippen LogP contribution in [0.3, 0.4) is 0 Å².